The highest BCUT2D eigenvalue weighted by molar-refractivity contribution is 8.00. The van der Waals surface area contributed by atoms with Crippen LogP contribution in [0, 0.1) is 5.41 Å². The summed E-state index contributed by atoms with van der Waals surface area (Å²) in [6, 6.07) is 14.6. The first-order valence-electron chi connectivity index (χ1n) is 21.9. The van der Waals surface area contributed by atoms with Crippen molar-refractivity contribution in [2.24, 2.45) is 0 Å². The molecule has 2 saturated heterocycles. The molecule has 1 unspecified atom stereocenters. The predicted octanol–water partition coefficient (Wildman–Crippen LogP) is -0.999. The van der Waals surface area contributed by atoms with E-state index in [1.54, 1.807) is 54.6 Å². The summed E-state index contributed by atoms with van der Waals surface area (Å²) in [6.45, 7) is 2.89. The molecule has 2 fully saturated rings. The second-order valence-corrected chi connectivity index (χ2v) is 16.9. The number of amides is 7. The molecule has 0 bridgehead atoms. The SMILES string of the molecule is CC(=O)N[C@@H](Cc1ccccc1)C(=O)N[C@@H](CCC(=O)C=N)C(=O)N[C@@H](Cc1ccccc1)C(=O)NCC(=O)NCCOCCOCCNC(=O)NCCCC[C@H]1SC[C@H]2NC(O)N[C@H]21. The Balaban J connectivity index is 1.12. The van der Waals surface area contributed by atoms with Crippen molar-refractivity contribution < 1.29 is 48.1 Å². The fraction of sp³-hybridized carbons (Fsp3) is 0.545. The number of aliphatic hydroxyl groups is 1. The van der Waals surface area contributed by atoms with Crippen molar-refractivity contribution in [3.05, 3.63) is 71.8 Å². The van der Waals surface area contributed by atoms with E-state index in [2.05, 4.69) is 47.9 Å². The largest absolute Gasteiger partial charge is 0.377 e. The molecule has 0 aromatic heterocycles. The summed E-state index contributed by atoms with van der Waals surface area (Å²) in [7, 11) is 0. The van der Waals surface area contributed by atoms with E-state index in [0.29, 0.717) is 42.8 Å². The van der Waals surface area contributed by atoms with Crippen LogP contribution in [0.4, 0.5) is 4.79 Å². The van der Waals surface area contributed by atoms with Gasteiger partial charge in [0.25, 0.3) is 0 Å². The lowest BCUT2D eigenvalue weighted by Crippen LogP contribution is -2.57. The highest BCUT2D eigenvalue weighted by Crippen LogP contribution is 2.33. The maximum atomic E-state index is 13.8. The number of ether oxygens (including phenoxy) is 2. The fourth-order valence-electron chi connectivity index (χ4n) is 7.21. The maximum absolute atomic E-state index is 13.8. The Morgan fingerprint density at radius 1 is 0.738 bits per heavy atom. The third kappa shape index (κ3) is 20.1. The molecule has 0 saturated carbocycles. The third-order valence-corrected chi connectivity index (χ3v) is 12.0. The van der Waals surface area contributed by atoms with Gasteiger partial charge in [0.05, 0.1) is 39.2 Å². The van der Waals surface area contributed by atoms with Gasteiger partial charge in [-0.3, -0.25) is 39.4 Å². The molecule has 0 spiro atoms. The maximum Gasteiger partial charge on any atom is 0.314 e. The molecule has 11 N–H and O–H groups in total. The Kier molecular flexibility index (Phi) is 23.4. The summed E-state index contributed by atoms with van der Waals surface area (Å²) in [5, 5.41) is 42.5. The summed E-state index contributed by atoms with van der Waals surface area (Å²) < 4.78 is 11.0. The second-order valence-electron chi connectivity index (χ2n) is 15.6. The zero-order valence-corrected chi connectivity index (χ0v) is 37.6. The number of ketones is 1. The molecule has 21 heteroatoms. The highest BCUT2D eigenvalue weighted by atomic mass is 32.2. The summed E-state index contributed by atoms with van der Waals surface area (Å²) >= 11 is 1.91. The fourth-order valence-corrected chi connectivity index (χ4v) is 8.78. The third-order valence-electron chi connectivity index (χ3n) is 10.5. The highest BCUT2D eigenvalue weighted by Gasteiger charge is 2.42. The molecule has 0 aliphatic carbocycles. The van der Waals surface area contributed by atoms with Gasteiger partial charge in [-0.2, -0.15) is 11.8 Å². The van der Waals surface area contributed by atoms with E-state index >= 15 is 0 Å². The van der Waals surface area contributed by atoms with Gasteiger partial charge in [0.15, 0.2) is 12.1 Å². The monoisotopic (exact) mass is 924 g/mol. The Bertz CT molecular complexity index is 1850. The van der Waals surface area contributed by atoms with E-state index in [0.717, 1.165) is 30.6 Å². The molecule has 65 heavy (non-hydrogen) atoms. The van der Waals surface area contributed by atoms with Crippen LogP contribution in [0.2, 0.25) is 0 Å². The number of carbonyl (C=O) groups excluding carboxylic acids is 7. The Morgan fingerprint density at radius 3 is 1.95 bits per heavy atom. The predicted molar refractivity (Wildman–Crippen MR) is 244 cm³/mol. The number of Topliss-reactive ketones (excluding diaryl/α,β-unsaturated/α-hetero) is 1. The minimum atomic E-state index is -1.32. The van der Waals surface area contributed by atoms with Gasteiger partial charge >= 0.3 is 6.03 Å². The average Bonchev–Trinajstić information content (AvgIpc) is 3.86. The van der Waals surface area contributed by atoms with E-state index in [1.807, 2.05) is 17.8 Å². The number of thioether (sulfide) groups is 1. The van der Waals surface area contributed by atoms with Crippen molar-refractivity contribution in [1.82, 2.24) is 47.9 Å². The lowest BCUT2D eigenvalue weighted by Gasteiger charge is -2.25. The molecule has 2 heterocycles. The van der Waals surface area contributed by atoms with Gasteiger partial charge in [0, 0.05) is 68.9 Å². The summed E-state index contributed by atoms with van der Waals surface area (Å²) in [6.07, 6.45) is 2.56. The van der Waals surface area contributed by atoms with Crippen molar-refractivity contribution in [2.75, 3.05) is 58.4 Å². The van der Waals surface area contributed by atoms with Crippen LogP contribution in [0.15, 0.2) is 60.7 Å². The first-order valence-corrected chi connectivity index (χ1v) is 23.0. The zero-order chi connectivity index (χ0) is 46.8. The standard InChI is InChI=1S/C44H64N10O10S/c1-29(55)50-35(25-31-12-6-3-7-13-31)42(60)51-33(16-15-32(56)26-45)41(59)52-34(24-30-10-4-2-5-11-30)40(58)49-27-38(57)46-18-20-63-22-23-64-21-19-48-43(61)47-17-9-8-14-37-39-36(28-65-37)53-44(62)54-39/h2-7,10-13,26,33-37,39,44-45,53-54,62H,8-9,14-25,27-28H2,1H3,(H,46,57)(H,49,58)(H,50,55)(H,51,60)(H,52,59)(H2,47,48,61)/t33-,34-,35-,36+,37+,39+,44?/m0/s1. The van der Waals surface area contributed by atoms with Gasteiger partial charge in [-0.15, -0.1) is 0 Å². The van der Waals surface area contributed by atoms with Crippen molar-refractivity contribution in [3.63, 3.8) is 0 Å². The number of unbranched alkanes of at least 4 members (excludes halogenated alkanes) is 1. The summed E-state index contributed by atoms with van der Waals surface area (Å²) in [4.78, 5) is 89.5. The first-order chi connectivity index (χ1) is 31.4. The minimum absolute atomic E-state index is 0.0348. The molecule has 20 nitrogen and oxygen atoms in total. The van der Waals surface area contributed by atoms with Crippen LogP contribution in [0.1, 0.15) is 50.2 Å². The van der Waals surface area contributed by atoms with Gasteiger partial charge < -0.3 is 57.2 Å². The van der Waals surface area contributed by atoms with Gasteiger partial charge in [-0.05, 0) is 30.4 Å². The van der Waals surface area contributed by atoms with Crippen molar-refractivity contribution in [1.29, 1.82) is 5.41 Å². The molecule has 2 aromatic carbocycles. The van der Waals surface area contributed by atoms with E-state index in [1.165, 1.54) is 6.92 Å². The number of hydrogen-bond donors (Lipinski definition) is 11. The zero-order valence-electron chi connectivity index (χ0n) is 36.7. The average molecular weight is 925 g/mol. The van der Waals surface area contributed by atoms with Crippen molar-refractivity contribution >= 4 is 59.3 Å². The Hall–Kier alpha value is -5.45. The lowest BCUT2D eigenvalue weighted by atomic mass is 10.0. The number of nitrogens with one attached hydrogen (secondary N) is 10. The molecule has 7 atom stereocenters. The Labute approximate surface area is 383 Å². The Morgan fingerprint density at radius 2 is 1.32 bits per heavy atom. The van der Waals surface area contributed by atoms with E-state index in [-0.39, 0.29) is 64.1 Å². The van der Waals surface area contributed by atoms with Crippen LogP contribution in [-0.2, 0) is 51.1 Å². The smallest absolute Gasteiger partial charge is 0.314 e. The molecule has 356 valence electrons. The molecule has 7 amide bonds. The number of urea groups is 1. The van der Waals surface area contributed by atoms with Crippen LogP contribution in [0.25, 0.3) is 0 Å². The van der Waals surface area contributed by atoms with Crippen LogP contribution in [0.3, 0.4) is 0 Å². The molecular formula is C44H64N10O10S. The van der Waals surface area contributed by atoms with E-state index in [9.17, 15) is 38.7 Å². The first kappa shape index (κ1) is 52.2. The van der Waals surface area contributed by atoms with Gasteiger partial charge in [-0.1, -0.05) is 67.1 Å². The number of carbonyl (C=O) groups is 7. The quantitative estimate of drug-likeness (QED) is 0.0332. The van der Waals surface area contributed by atoms with E-state index in [4.69, 9.17) is 14.9 Å². The van der Waals surface area contributed by atoms with Crippen LogP contribution >= 0.6 is 11.8 Å². The van der Waals surface area contributed by atoms with Crippen LogP contribution in [-0.4, -0.2) is 153 Å². The topological polar surface area (TPSA) is 290 Å². The van der Waals surface area contributed by atoms with Crippen molar-refractivity contribution in [3.8, 4) is 0 Å². The normalized spacial score (nSPS) is 18.8. The van der Waals surface area contributed by atoms with Crippen molar-refractivity contribution in [2.45, 2.75) is 93.7 Å². The molecule has 4 rings (SSSR count). The minimum Gasteiger partial charge on any atom is -0.377 e. The second kappa shape index (κ2) is 29.2. The van der Waals surface area contributed by atoms with Gasteiger partial charge in [-0.25, -0.2) is 4.79 Å². The van der Waals surface area contributed by atoms with Crippen LogP contribution in [0.5, 0.6) is 0 Å². The number of aliphatic hydroxyl groups excluding tert-OH is 1. The van der Waals surface area contributed by atoms with E-state index < -0.39 is 66.3 Å². The molecule has 0 radical (unpaired) electrons. The number of rotatable bonds is 30. The van der Waals surface area contributed by atoms with Gasteiger partial charge in [0.2, 0.25) is 29.5 Å². The molecule has 2 aliphatic rings. The summed E-state index contributed by atoms with van der Waals surface area (Å²) in [5.74, 6) is -2.70. The molecule has 2 aromatic rings. The van der Waals surface area contributed by atoms with Crippen LogP contribution < -0.4 is 47.9 Å². The number of fused-ring (bicyclic) bond motifs is 1. The summed E-state index contributed by atoms with van der Waals surface area (Å²) in [5.41, 5.74) is 1.45. The number of hydrogen-bond acceptors (Lipinski definition) is 14. The molecule has 2 aliphatic heterocycles. The van der Waals surface area contributed by atoms with Gasteiger partial charge in [0.1, 0.15) is 18.1 Å². The molecular weight excluding hydrogens is 861 g/mol. The number of benzene rings is 2. The lowest BCUT2D eigenvalue weighted by molar-refractivity contribution is -0.134.